The first-order valence-corrected chi connectivity index (χ1v) is 8.01. The maximum Gasteiger partial charge on any atom is 0.0615 e. The van der Waals surface area contributed by atoms with Gasteiger partial charge in [-0.3, -0.25) is 0 Å². The fourth-order valence-electron chi connectivity index (χ4n) is 2.27. The molecule has 0 radical (unpaired) electrons. The third-order valence-electron chi connectivity index (χ3n) is 3.29. The van der Waals surface area contributed by atoms with E-state index in [2.05, 4.69) is 54.7 Å². The molecule has 2 aromatic rings. The van der Waals surface area contributed by atoms with Crippen molar-refractivity contribution in [3.05, 3.63) is 47.3 Å². The molecule has 108 valence electrons. The number of hydrogen-bond donors (Lipinski definition) is 1. The van der Waals surface area contributed by atoms with Gasteiger partial charge in [-0.2, -0.15) is 0 Å². The molecule has 0 saturated carbocycles. The van der Waals surface area contributed by atoms with Crippen LogP contribution in [0.4, 0.5) is 0 Å². The minimum Gasteiger partial charge on any atom is -0.383 e. The van der Waals surface area contributed by atoms with E-state index in [1.165, 1.54) is 21.7 Å². The second-order valence-electron chi connectivity index (χ2n) is 4.95. The quantitative estimate of drug-likeness (QED) is 0.781. The summed E-state index contributed by atoms with van der Waals surface area (Å²) in [6, 6.07) is 15.4. The standard InChI is InChI=1S/C17H23NOS/c1-3-7-15(13-19-2)18-12-16-10-11-17(20-16)14-8-5-4-6-9-14/h4-6,8-11,15,18H,3,7,12-13H2,1-2H3. The SMILES string of the molecule is CCCC(COC)NCc1ccc(-c2ccccc2)s1. The number of benzene rings is 1. The molecule has 0 aliphatic carbocycles. The summed E-state index contributed by atoms with van der Waals surface area (Å²) in [4.78, 5) is 2.71. The lowest BCUT2D eigenvalue weighted by Gasteiger charge is -2.16. The van der Waals surface area contributed by atoms with Gasteiger partial charge >= 0.3 is 0 Å². The van der Waals surface area contributed by atoms with E-state index >= 15 is 0 Å². The molecular formula is C17H23NOS. The Balaban J connectivity index is 1.92. The van der Waals surface area contributed by atoms with Gasteiger partial charge in [-0.05, 0) is 24.1 Å². The summed E-state index contributed by atoms with van der Waals surface area (Å²) in [5.74, 6) is 0. The van der Waals surface area contributed by atoms with Crippen molar-refractivity contribution in [3.63, 3.8) is 0 Å². The van der Waals surface area contributed by atoms with Gasteiger partial charge in [0.2, 0.25) is 0 Å². The zero-order valence-electron chi connectivity index (χ0n) is 12.3. The Kier molecular flexibility index (Phi) is 6.25. The summed E-state index contributed by atoms with van der Waals surface area (Å²) in [7, 11) is 1.77. The monoisotopic (exact) mass is 289 g/mol. The Morgan fingerprint density at radius 3 is 2.65 bits per heavy atom. The molecule has 2 rings (SSSR count). The lowest BCUT2D eigenvalue weighted by molar-refractivity contribution is 0.161. The second kappa shape index (κ2) is 8.20. The van der Waals surface area contributed by atoms with Crippen LogP contribution in [0.25, 0.3) is 10.4 Å². The molecule has 20 heavy (non-hydrogen) atoms. The largest absolute Gasteiger partial charge is 0.383 e. The van der Waals surface area contributed by atoms with Crippen LogP contribution in [0.2, 0.25) is 0 Å². The highest BCUT2D eigenvalue weighted by Gasteiger charge is 2.08. The maximum atomic E-state index is 5.26. The molecule has 1 aromatic heterocycles. The molecule has 1 atom stereocenters. The lowest BCUT2D eigenvalue weighted by atomic mass is 10.2. The van der Waals surface area contributed by atoms with Crippen LogP contribution in [-0.2, 0) is 11.3 Å². The predicted octanol–water partition coefficient (Wildman–Crippen LogP) is 4.32. The van der Waals surface area contributed by atoms with Crippen LogP contribution in [0, 0.1) is 0 Å². The van der Waals surface area contributed by atoms with Gasteiger partial charge in [-0.15, -0.1) is 11.3 Å². The van der Waals surface area contributed by atoms with Gasteiger partial charge in [-0.1, -0.05) is 43.7 Å². The van der Waals surface area contributed by atoms with Crippen molar-refractivity contribution in [1.82, 2.24) is 5.32 Å². The number of ether oxygens (including phenoxy) is 1. The van der Waals surface area contributed by atoms with Crippen LogP contribution in [-0.4, -0.2) is 19.8 Å². The molecule has 0 fully saturated rings. The first kappa shape index (κ1) is 15.2. The van der Waals surface area contributed by atoms with Crippen LogP contribution in [0.1, 0.15) is 24.6 Å². The fourth-order valence-corrected chi connectivity index (χ4v) is 3.23. The molecule has 2 nitrogen and oxygen atoms in total. The van der Waals surface area contributed by atoms with Crippen molar-refractivity contribution in [2.24, 2.45) is 0 Å². The smallest absolute Gasteiger partial charge is 0.0615 e. The summed E-state index contributed by atoms with van der Waals surface area (Å²) in [5, 5.41) is 3.59. The topological polar surface area (TPSA) is 21.3 Å². The summed E-state index contributed by atoms with van der Waals surface area (Å²) in [5.41, 5.74) is 1.30. The normalized spacial score (nSPS) is 12.5. The molecule has 0 amide bonds. The highest BCUT2D eigenvalue weighted by molar-refractivity contribution is 7.15. The van der Waals surface area contributed by atoms with Gasteiger partial charge in [0, 0.05) is 29.5 Å². The average molecular weight is 289 g/mol. The van der Waals surface area contributed by atoms with Crippen molar-refractivity contribution in [2.45, 2.75) is 32.4 Å². The first-order chi connectivity index (χ1) is 9.83. The van der Waals surface area contributed by atoms with E-state index in [0.29, 0.717) is 6.04 Å². The predicted molar refractivity (Wildman–Crippen MR) is 87.2 cm³/mol. The molecule has 1 unspecified atom stereocenters. The summed E-state index contributed by atoms with van der Waals surface area (Å²) in [6.07, 6.45) is 2.34. The molecule has 1 heterocycles. The number of thiophene rings is 1. The Morgan fingerprint density at radius 1 is 1.15 bits per heavy atom. The van der Waals surface area contributed by atoms with Crippen molar-refractivity contribution in [1.29, 1.82) is 0 Å². The van der Waals surface area contributed by atoms with Crippen molar-refractivity contribution >= 4 is 11.3 Å². The summed E-state index contributed by atoms with van der Waals surface area (Å²) in [6.45, 7) is 3.92. The molecule has 3 heteroatoms. The Morgan fingerprint density at radius 2 is 1.95 bits per heavy atom. The van der Waals surface area contributed by atoms with Gasteiger partial charge in [0.15, 0.2) is 0 Å². The van der Waals surface area contributed by atoms with E-state index in [9.17, 15) is 0 Å². The fraction of sp³-hybridized carbons (Fsp3) is 0.412. The van der Waals surface area contributed by atoms with Crippen LogP contribution in [0.15, 0.2) is 42.5 Å². The minimum absolute atomic E-state index is 0.451. The third kappa shape index (κ3) is 4.44. The zero-order chi connectivity index (χ0) is 14.2. The average Bonchev–Trinajstić information content (AvgIpc) is 2.95. The Hall–Kier alpha value is -1.16. The van der Waals surface area contributed by atoms with E-state index in [4.69, 9.17) is 4.74 Å². The van der Waals surface area contributed by atoms with Gasteiger partial charge in [0.05, 0.1) is 6.61 Å². The zero-order valence-corrected chi connectivity index (χ0v) is 13.1. The summed E-state index contributed by atoms with van der Waals surface area (Å²) < 4.78 is 5.26. The number of hydrogen-bond acceptors (Lipinski definition) is 3. The molecule has 1 N–H and O–H groups in total. The minimum atomic E-state index is 0.451. The van der Waals surface area contributed by atoms with Crippen molar-refractivity contribution in [3.8, 4) is 10.4 Å². The first-order valence-electron chi connectivity index (χ1n) is 7.20. The van der Waals surface area contributed by atoms with E-state index in [-0.39, 0.29) is 0 Å². The summed E-state index contributed by atoms with van der Waals surface area (Å²) >= 11 is 1.86. The van der Waals surface area contributed by atoms with Crippen LogP contribution >= 0.6 is 11.3 Å². The lowest BCUT2D eigenvalue weighted by Crippen LogP contribution is -2.32. The molecule has 0 aliphatic rings. The van der Waals surface area contributed by atoms with Crippen molar-refractivity contribution in [2.75, 3.05) is 13.7 Å². The van der Waals surface area contributed by atoms with Crippen LogP contribution in [0.5, 0.6) is 0 Å². The molecule has 0 saturated heterocycles. The van der Waals surface area contributed by atoms with Crippen LogP contribution < -0.4 is 5.32 Å². The molecule has 0 spiro atoms. The van der Waals surface area contributed by atoms with Crippen molar-refractivity contribution < 1.29 is 4.74 Å². The molecule has 0 aliphatic heterocycles. The Bertz CT molecular complexity index is 489. The van der Waals surface area contributed by atoms with Gasteiger partial charge in [-0.25, -0.2) is 0 Å². The van der Waals surface area contributed by atoms with Crippen LogP contribution in [0.3, 0.4) is 0 Å². The highest BCUT2D eigenvalue weighted by atomic mass is 32.1. The number of nitrogens with one attached hydrogen (secondary N) is 1. The highest BCUT2D eigenvalue weighted by Crippen LogP contribution is 2.27. The molecular weight excluding hydrogens is 266 g/mol. The third-order valence-corrected chi connectivity index (χ3v) is 4.42. The van der Waals surface area contributed by atoms with E-state index in [0.717, 1.165) is 19.6 Å². The maximum absolute atomic E-state index is 5.26. The van der Waals surface area contributed by atoms with E-state index in [1.807, 2.05) is 11.3 Å². The number of methoxy groups -OCH3 is 1. The Labute approximate surface area is 125 Å². The van der Waals surface area contributed by atoms with Gasteiger partial charge < -0.3 is 10.1 Å². The second-order valence-corrected chi connectivity index (χ2v) is 6.12. The van der Waals surface area contributed by atoms with Gasteiger partial charge in [0.1, 0.15) is 0 Å². The number of rotatable bonds is 8. The van der Waals surface area contributed by atoms with Gasteiger partial charge in [0.25, 0.3) is 0 Å². The van der Waals surface area contributed by atoms with E-state index in [1.54, 1.807) is 7.11 Å². The molecule has 0 bridgehead atoms. The molecule has 1 aromatic carbocycles. The van der Waals surface area contributed by atoms with E-state index < -0.39 is 0 Å².